The van der Waals surface area contributed by atoms with Crippen LogP contribution in [0.1, 0.15) is 42.1 Å². The van der Waals surface area contributed by atoms with Crippen molar-refractivity contribution < 1.29 is 13.9 Å². The summed E-state index contributed by atoms with van der Waals surface area (Å²) in [5.74, 6) is 0.145. The van der Waals surface area contributed by atoms with Gasteiger partial charge in [-0.1, -0.05) is 0 Å². The van der Waals surface area contributed by atoms with Crippen LogP contribution in [0.15, 0.2) is 30.5 Å². The molecule has 2 fully saturated rings. The van der Waals surface area contributed by atoms with E-state index in [0.717, 1.165) is 64.4 Å². The van der Waals surface area contributed by atoms with Crippen LogP contribution in [0, 0.1) is 23.1 Å². The summed E-state index contributed by atoms with van der Waals surface area (Å²) >= 11 is 0. The molecule has 32 heavy (non-hydrogen) atoms. The Kier molecular flexibility index (Phi) is 7.16. The molecule has 2 aliphatic rings. The van der Waals surface area contributed by atoms with Gasteiger partial charge in [-0.15, -0.1) is 0 Å². The molecule has 4 N–H and O–H groups in total. The molecule has 172 valence electrons. The first-order valence-electron chi connectivity index (χ1n) is 11.3. The lowest BCUT2D eigenvalue weighted by atomic mass is 9.91. The topological polar surface area (TPSA) is 109 Å². The number of rotatable bonds is 8. The number of halogens is 1. The Hall–Kier alpha value is -2.78. The van der Waals surface area contributed by atoms with E-state index in [-0.39, 0.29) is 23.3 Å². The van der Waals surface area contributed by atoms with Gasteiger partial charge in [0.05, 0.1) is 6.04 Å². The lowest BCUT2D eigenvalue weighted by molar-refractivity contribution is 0.0569. The maximum absolute atomic E-state index is 13.2. The Morgan fingerprint density at radius 1 is 1.28 bits per heavy atom. The summed E-state index contributed by atoms with van der Waals surface area (Å²) in [6, 6.07) is 5.82. The van der Waals surface area contributed by atoms with Crippen molar-refractivity contribution in [3.05, 3.63) is 41.8 Å². The van der Waals surface area contributed by atoms with E-state index in [1.807, 2.05) is 0 Å². The van der Waals surface area contributed by atoms with E-state index in [1.165, 1.54) is 18.3 Å². The van der Waals surface area contributed by atoms with E-state index < -0.39 is 5.91 Å². The summed E-state index contributed by atoms with van der Waals surface area (Å²) in [6.45, 7) is 4.48. The first-order chi connectivity index (χ1) is 15.5. The summed E-state index contributed by atoms with van der Waals surface area (Å²) < 4.78 is 20.4. The van der Waals surface area contributed by atoms with Gasteiger partial charge in [0.15, 0.2) is 5.82 Å². The van der Waals surface area contributed by atoms with Gasteiger partial charge in [0.25, 0.3) is 5.91 Å². The number of piperidine rings is 1. The van der Waals surface area contributed by atoms with Crippen molar-refractivity contribution in [1.82, 2.24) is 14.7 Å². The maximum Gasteiger partial charge on any atom is 0.254 e. The number of carbonyl (C=O) groups excluding carboxylic acids is 1. The van der Waals surface area contributed by atoms with Crippen molar-refractivity contribution >= 4 is 23.6 Å². The lowest BCUT2D eigenvalue weighted by Crippen LogP contribution is -2.43. The third-order valence-corrected chi connectivity index (χ3v) is 6.56. The fourth-order valence-electron chi connectivity index (χ4n) is 4.64. The Morgan fingerprint density at radius 3 is 2.72 bits per heavy atom. The molecular formula is C23H31FN6O2. The van der Waals surface area contributed by atoms with Crippen molar-refractivity contribution in [2.45, 2.75) is 31.7 Å². The molecule has 1 aromatic heterocycles. The molecule has 0 radical (unpaired) electrons. The monoisotopic (exact) mass is 442 g/mol. The highest BCUT2D eigenvalue weighted by molar-refractivity contribution is 5.98. The largest absolute Gasteiger partial charge is 0.381 e. The zero-order valence-electron chi connectivity index (χ0n) is 18.2. The number of aromatic nitrogens is 2. The van der Waals surface area contributed by atoms with E-state index >= 15 is 0 Å². The molecule has 0 spiro atoms. The van der Waals surface area contributed by atoms with Gasteiger partial charge in [0, 0.05) is 50.3 Å². The number of hydrogen-bond acceptors (Lipinski definition) is 6. The SMILES string of the molecule is N=C[C@@H]1CN(CCC2CCOCC2)CC[C@H]1n1cc(C(N)=O)c(Nc2ccc(F)cc2)n1. The van der Waals surface area contributed by atoms with Crippen LogP contribution in [-0.4, -0.2) is 59.7 Å². The van der Waals surface area contributed by atoms with Crippen LogP contribution < -0.4 is 11.1 Å². The molecule has 8 nitrogen and oxygen atoms in total. The second-order valence-corrected chi connectivity index (χ2v) is 8.70. The molecule has 0 bridgehead atoms. The summed E-state index contributed by atoms with van der Waals surface area (Å²) in [6.07, 6.45) is 7.42. The van der Waals surface area contributed by atoms with Gasteiger partial charge in [-0.2, -0.15) is 5.10 Å². The average Bonchev–Trinajstić information content (AvgIpc) is 3.23. The minimum Gasteiger partial charge on any atom is -0.381 e. The number of hydrogen-bond donors (Lipinski definition) is 3. The summed E-state index contributed by atoms with van der Waals surface area (Å²) in [5, 5.41) is 15.6. The van der Waals surface area contributed by atoms with Crippen molar-refractivity contribution in [3.8, 4) is 0 Å². The predicted molar refractivity (Wildman–Crippen MR) is 121 cm³/mol. The average molecular weight is 443 g/mol. The van der Waals surface area contributed by atoms with Crippen LogP contribution in [0.25, 0.3) is 0 Å². The summed E-state index contributed by atoms with van der Waals surface area (Å²) in [7, 11) is 0. The quantitative estimate of drug-likeness (QED) is 0.544. The van der Waals surface area contributed by atoms with Gasteiger partial charge in [-0.3, -0.25) is 9.48 Å². The number of amides is 1. The van der Waals surface area contributed by atoms with Gasteiger partial charge in [-0.25, -0.2) is 4.39 Å². The second-order valence-electron chi connectivity index (χ2n) is 8.70. The van der Waals surface area contributed by atoms with Crippen LogP contribution in [0.2, 0.25) is 0 Å². The van der Waals surface area contributed by atoms with Gasteiger partial charge in [0.1, 0.15) is 11.4 Å². The van der Waals surface area contributed by atoms with Crippen LogP contribution in [0.4, 0.5) is 15.9 Å². The lowest BCUT2D eigenvalue weighted by Gasteiger charge is -2.37. The Labute approximate surface area is 187 Å². The maximum atomic E-state index is 13.2. The summed E-state index contributed by atoms with van der Waals surface area (Å²) in [5.41, 5.74) is 6.47. The molecule has 0 unspecified atom stereocenters. The highest BCUT2D eigenvalue weighted by atomic mass is 19.1. The number of nitrogens with one attached hydrogen (secondary N) is 2. The van der Waals surface area contributed by atoms with E-state index in [2.05, 4.69) is 15.3 Å². The molecule has 4 rings (SSSR count). The van der Waals surface area contributed by atoms with Crippen LogP contribution in [0.3, 0.4) is 0 Å². The van der Waals surface area contributed by atoms with Gasteiger partial charge in [0.2, 0.25) is 0 Å². The molecule has 1 aromatic carbocycles. The zero-order valence-corrected chi connectivity index (χ0v) is 18.2. The highest BCUT2D eigenvalue weighted by Crippen LogP contribution is 2.30. The van der Waals surface area contributed by atoms with E-state index in [9.17, 15) is 9.18 Å². The number of likely N-dealkylation sites (tertiary alicyclic amines) is 1. The molecule has 1 amide bonds. The number of primary amides is 1. The van der Waals surface area contributed by atoms with Crippen molar-refractivity contribution in [2.24, 2.45) is 17.6 Å². The van der Waals surface area contributed by atoms with Crippen LogP contribution >= 0.6 is 0 Å². The fraction of sp³-hybridized carbons (Fsp3) is 0.522. The zero-order chi connectivity index (χ0) is 22.5. The first-order valence-corrected chi connectivity index (χ1v) is 11.3. The van der Waals surface area contributed by atoms with Crippen molar-refractivity contribution in [1.29, 1.82) is 5.41 Å². The molecule has 9 heteroatoms. The van der Waals surface area contributed by atoms with E-state index in [4.69, 9.17) is 15.9 Å². The standard InChI is InChI=1S/C23H31FN6O2/c24-18-1-3-19(4-2-18)27-23-20(22(26)31)15-30(28-23)21-6-10-29(14-17(21)13-25)9-5-16-7-11-32-12-8-16/h1-4,13,15-17,21,25H,5-12,14H2,(H2,26,31)(H,27,28)/t17-,21-/m1/s1. The molecule has 3 heterocycles. The molecule has 2 aliphatic heterocycles. The third-order valence-electron chi connectivity index (χ3n) is 6.56. The molecule has 2 saturated heterocycles. The second kappa shape index (κ2) is 10.2. The molecule has 0 aliphatic carbocycles. The number of nitrogens with two attached hydrogens (primary N) is 1. The molecule has 2 atom stereocenters. The number of benzene rings is 1. The number of carbonyl (C=O) groups is 1. The number of nitrogens with zero attached hydrogens (tertiary/aromatic N) is 3. The van der Waals surface area contributed by atoms with Gasteiger partial charge >= 0.3 is 0 Å². The minimum atomic E-state index is -0.582. The van der Waals surface area contributed by atoms with Crippen LogP contribution in [0.5, 0.6) is 0 Å². The Bertz CT molecular complexity index is 925. The Morgan fingerprint density at radius 2 is 2.03 bits per heavy atom. The number of ether oxygens (including phenoxy) is 1. The molecule has 2 aromatic rings. The minimum absolute atomic E-state index is 0.00210. The first kappa shape index (κ1) is 22.4. The van der Waals surface area contributed by atoms with E-state index in [0.29, 0.717) is 11.5 Å². The molecular weight excluding hydrogens is 411 g/mol. The fourth-order valence-corrected chi connectivity index (χ4v) is 4.64. The third kappa shape index (κ3) is 5.34. The smallest absolute Gasteiger partial charge is 0.254 e. The van der Waals surface area contributed by atoms with Crippen molar-refractivity contribution in [3.63, 3.8) is 0 Å². The van der Waals surface area contributed by atoms with Gasteiger partial charge in [-0.05, 0) is 62.4 Å². The Balaban J connectivity index is 1.43. The normalized spacial score (nSPS) is 22.5. The number of anilines is 2. The van der Waals surface area contributed by atoms with Crippen molar-refractivity contribution in [2.75, 3.05) is 38.2 Å². The van der Waals surface area contributed by atoms with Crippen LogP contribution in [-0.2, 0) is 4.74 Å². The van der Waals surface area contributed by atoms with E-state index in [1.54, 1.807) is 23.0 Å². The molecule has 0 saturated carbocycles. The van der Waals surface area contributed by atoms with Gasteiger partial charge < -0.3 is 26.1 Å². The highest BCUT2D eigenvalue weighted by Gasteiger charge is 2.31. The summed E-state index contributed by atoms with van der Waals surface area (Å²) in [4.78, 5) is 14.4. The predicted octanol–water partition coefficient (Wildman–Crippen LogP) is 3.19.